The molecule has 0 saturated heterocycles. The van der Waals surface area contributed by atoms with Crippen LogP contribution in [0.5, 0.6) is 0 Å². The van der Waals surface area contributed by atoms with Gasteiger partial charge in [-0.2, -0.15) is 5.10 Å². The smallest absolute Gasteiger partial charge is 0.263 e. The Labute approximate surface area is 112 Å². The average Bonchev–Trinajstić information content (AvgIpc) is 2.76. The molecule has 0 aromatic carbocycles. The Morgan fingerprint density at radius 3 is 2.71 bits per heavy atom. The molecule has 0 aliphatic carbocycles. The minimum Gasteiger partial charge on any atom is -0.263 e. The van der Waals surface area contributed by atoms with Gasteiger partial charge in [-0.15, -0.1) is 11.3 Å². The first-order valence-electron chi connectivity index (χ1n) is 4.67. The maximum Gasteiger partial charge on any atom is 0.272 e. The Hall–Kier alpha value is -0.860. The highest BCUT2D eigenvalue weighted by molar-refractivity contribution is 9.11. The maximum absolute atomic E-state index is 12.1. The molecule has 0 spiro atoms. The Bertz CT molecular complexity index is 626. The molecule has 0 unspecified atom stereocenters. The van der Waals surface area contributed by atoms with E-state index in [0.717, 1.165) is 9.35 Å². The summed E-state index contributed by atoms with van der Waals surface area (Å²) in [4.78, 5) is 0. The molecule has 8 heteroatoms. The molecule has 2 aromatic rings. The first-order valence-corrected chi connectivity index (χ1v) is 7.76. The minimum atomic E-state index is -3.53. The van der Waals surface area contributed by atoms with Crippen LogP contribution in [0.4, 0.5) is 5.82 Å². The van der Waals surface area contributed by atoms with Gasteiger partial charge in [0.15, 0.2) is 0 Å². The van der Waals surface area contributed by atoms with Crippen LogP contribution in [0.1, 0.15) is 5.56 Å². The maximum atomic E-state index is 12.1. The fourth-order valence-electron chi connectivity index (χ4n) is 1.23. The van der Waals surface area contributed by atoms with E-state index in [0.29, 0.717) is 5.82 Å². The number of aryl methyl sites for hydroxylation is 2. The Morgan fingerprint density at radius 2 is 2.24 bits per heavy atom. The van der Waals surface area contributed by atoms with Gasteiger partial charge in [0.05, 0.1) is 9.98 Å². The van der Waals surface area contributed by atoms with Gasteiger partial charge in [-0.25, -0.2) is 8.42 Å². The highest BCUT2D eigenvalue weighted by Crippen LogP contribution is 2.31. The van der Waals surface area contributed by atoms with Crippen LogP contribution in [0.2, 0.25) is 0 Å². The molecule has 2 aromatic heterocycles. The molecule has 0 atom stereocenters. The van der Waals surface area contributed by atoms with Gasteiger partial charge < -0.3 is 0 Å². The zero-order chi connectivity index (χ0) is 12.6. The minimum absolute atomic E-state index is 0.281. The van der Waals surface area contributed by atoms with Gasteiger partial charge in [0.2, 0.25) is 0 Å². The Morgan fingerprint density at radius 1 is 1.53 bits per heavy atom. The van der Waals surface area contributed by atoms with Crippen LogP contribution in [0, 0.1) is 6.92 Å². The molecule has 92 valence electrons. The number of anilines is 1. The van der Waals surface area contributed by atoms with Gasteiger partial charge in [-0.05, 0) is 34.5 Å². The van der Waals surface area contributed by atoms with Crippen LogP contribution in [-0.4, -0.2) is 18.2 Å². The van der Waals surface area contributed by atoms with E-state index in [1.807, 2.05) is 6.92 Å². The van der Waals surface area contributed by atoms with Crippen LogP contribution < -0.4 is 4.72 Å². The lowest BCUT2D eigenvalue weighted by atomic mass is 10.4. The van der Waals surface area contributed by atoms with Crippen molar-refractivity contribution in [3.63, 3.8) is 0 Å². The third-order valence-corrected chi connectivity index (χ3v) is 6.12. The predicted molar refractivity (Wildman–Crippen MR) is 70.8 cm³/mol. The number of sulfonamides is 1. The number of nitrogens with zero attached hydrogens (tertiary/aromatic N) is 2. The third-order valence-electron chi connectivity index (χ3n) is 2.16. The number of aromatic nitrogens is 2. The van der Waals surface area contributed by atoms with Gasteiger partial charge in [-0.3, -0.25) is 9.40 Å². The van der Waals surface area contributed by atoms with E-state index in [1.165, 1.54) is 22.2 Å². The van der Waals surface area contributed by atoms with E-state index in [4.69, 9.17) is 0 Å². The summed E-state index contributed by atoms with van der Waals surface area (Å²) in [5.41, 5.74) is 0.903. The fourth-order valence-corrected chi connectivity index (χ4v) is 4.54. The number of halogens is 1. The van der Waals surface area contributed by atoms with Crippen molar-refractivity contribution >= 4 is 43.1 Å². The second-order valence-corrected chi connectivity index (χ2v) is 7.75. The average molecular weight is 336 g/mol. The van der Waals surface area contributed by atoms with Crippen molar-refractivity contribution in [2.45, 2.75) is 11.1 Å². The van der Waals surface area contributed by atoms with E-state index in [9.17, 15) is 8.42 Å². The summed E-state index contributed by atoms with van der Waals surface area (Å²) in [6, 6.07) is 3.24. The van der Waals surface area contributed by atoms with E-state index < -0.39 is 10.0 Å². The lowest BCUT2D eigenvalue weighted by Crippen LogP contribution is -2.14. The summed E-state index contributed by atoms with van der Waals surface area (Å²) in [5, 5.41) is 3.90. The van der Waals surface area contributed by atoms with Gasteiger partial charge >= 0.3 is 0 Å². The van der Waals surface area contributed by atoms with Crippen molar-refractivity contribution in [3.8, 4) is 0 Å². The second kappa shape index (κ2) is 4.43. The van der Waals surface area contributed by atoms with E-state index >= 15 is 0 Å². The summed E-state index contributed by atoms with van der Waals surface area (Å²) in [5.74, 6) is 0.437. The largest absolute Gasteiger partial charge is 0.272 e. The molecule has 17 heavy (non-hydrogen) atoms. The number of thiophene rings is 1. The van der Waals surface area contributed by atoms with Crippen LogP contribution in [0.15, 0.2) is 26.3 Å². The molecule has 1 N–H and O–H groups in total. The third kappa shape index (κ3) is 2.53. The molecule has 2 rings (SSSR count). The quantitative estimate of drug-likeness (QED) is 0.936. The Kier molecular flexibility index (Phi) is 3.28. The number of hydrogen-bond donors (Lipinski definition) is 1. The van der Waals surface area contributed by atoms with Gasteiger partial charge in [-0.1, -0.05) is 0 Å². The van der Waals surface area contributed by atoms with Gasteiger partial charge in [0.1, 0.15) is 10.0 Å². The van der Waals surface area contributed by atoms with E-state index in [2.05, 4.69) is 25.8 Å². The topological polar surface area (TPSA) is 64.0 Å². The lowest BCUT2D eigenvalue weighted by Gasteiger charge is -2.05. The van der Waals surface area contributed by atoms with Crippen molar-refractivity contribution in [3.05, 3.63) is 27.7 Å². The number of hydrogen-bond acceptors (Lipinski definition) is 4. The van der Waals surface area contributed by atoms with Crippen LogP contribution in [0.3, 0.4) is 0 Å². The molecule has 0 aliphatic rings. The molecule has 0 aliphatic heterocycles. The van der Waals surface area contributed by atoms with Crippen molar-refractivity contribution in [2.24, 2.45) is 7.05 Å². The number of nitrogens with one attached hydrogen (secondary N) is 1. The fraction of sp³-hybridized carbons (Fsp3) is 0.222. The molecular formula is C9H10BrN3O2S2. The predicted octanol–water partition coefficient (Wildman–Crippen LogP) is 2.35. The first-order chi connectivity index (χ1) is 7.90. The summed E-state index contributed by atoms with van der Waals surface area (Å²) < 4.78 is 29.2. The van der Waals surface area contributed by atoms with E-state index in [1.54, 1.807) is 19.2 Å². The normalized spacial score (nSPS) is 11.7. The van der Waals surface area contributed by atoms with Crippen molar-refractivity contribution in [1.82, 2.24) is 9.78 Å². The molecular weight excluding hydrogens is 326 g/mol. The summed E-state index contributed by atoms with van der Waals surface area (Å²) in [6.45, 7) is 1.85. The SMILES string of the molecule is Cc1cc(S(=O)(=O)Nc2ccnn2C)sc1Br. The highest BCUT2D eigenvalue weighted by Gasteiger charge is 2.19. The second-order valence-electron chi connectivity index (χ2n) is 3.47. The molecule has 0 radical (unpaired) electrons. The van der Waals surface area contributed by atoms with Gasteiger partial charge in [0, 0.05) is 13.1 Å². The first kappa shape index (κ1) is 12.6. The molecule has 5 nitrogen and oxygen atoms in total. The summed E-state index contributed by atoms with van der Waals surface area (Å²) in [6.07, 6.45) is 1.54. The van der Waals surface area contributed by atoms with Crippen LogP contribution in [0.25, 0.3) is 0 Å². The monoisotopic (exact) mass is 335 g/mol. The van der Waals surface area contributed by atoms with Crippen LogP contribution in [-0.2, 0) is 17.1 Å². The zero-order valence-corrected chi connectivity index (χ0v) is 12.4. The Balaban J connectivity index is 2.35. The molecule has 0 bridgehead atoms. The van der Waals surface area contributed by atoms with Gasteiger partial charge in [0.25, 0.3) is 10.0 Å². The van der Waals surface area contributed by atoms with Crippen molar-refractivity contribution in [2.75, 3.05) is 4.72 Å². The lowest BCUT2D eigenvalue weighted by molar-refractivity contribution is 0.602. The summed E-state index contributed by atoms with van der Waals surface area (Å²) >= 11 is 4.50. The zero-order valence-electron chi connectivity index (χ0n) is 9.14. The standard InChI is InChI=1S/C9H10BrN3O2S2/c1-6-5-8(16-9(6)10)17(14,15)12-7-3-4-11-13(7)2/h3-5,12H,1-2H3. The van der Waals surface area contributed by atoms with Crippen LogP contribution >= 0.6 is 27.3 Å². The van der Waals surface area contributed by atoms with Crippen molar-refractivity contribution in [1.29, 1.82) is 0 Å². The van der Waals surface area contributed by atoms with E-state index in [-0.39, 0.29) is 4.21 Å². The molecule has 0 saturated carbocycles. The highest BCUT2D eigenvalue weighted by atomic mass is 79.9. The number of rotatable bonds is 3. The molecule has 0 amide bonds. The molecule has 2 heterocycles. The van der Waals surface area contributed by atoms with Crippen molar-refractivity contribution < 1.29 is 8.42 Å². The summed E-state index contributed by atoms with van der Waals surface area (Å²) in [7, 11) is -1.86. The molecule has 0 fully saturated rings.